The van der Waals surface area contributed by atoms with Crippen molar-refractivity contribution in [1.82, 2.24) is 5.32 Å². The summed E-state index contributed by atoms with van der Waals surface area (Å²) in [5.74, 6) is 0.185. The lowest BCUT2D eigenvalue weighted by molar-refractivity contribution is -0.120. The molecule has 0 aliphatic carbocycles. The smallest absolute Gasteiger partial charge is 0.224 e. The van der Waals surface area contributed by atoms with Gasteiger partial charge in [-0.2, -0.15) is 0 Å². The fourth-order valence-corrected chi connectivity index (χ4v) is 2.62. The maximum atomic E-state index is 12.0. The Morgan fingerprint density at radius 1 is 1.05 bits per heavy atom. The molecular weight excluding hydrogens is 305 g/mol. The number of halogens is 2. The zero-order valence-corrected chi connectivity index (χ0v) is 13.3. The van der Waals surface area contributed by atoms with Gasteiger partial charge >= 0.3 is 0 Å². The molecule has 0 radical (unpaired) electrons. The lowest BCUT2D eigenvalue weighted by Gasteiger charge is -2.13. The first-order chi connectivity index (χ1) is 10.1. The number of nitrogens with one attached hydrogen (secondary N) is 1. The summed E-state index contributed by atoms with van der Waals surface area (Å²) in [6.45, 7) is 2.67. The van der Waals surface area contributed by atoms with E-state index in [4.69, 9.17) is 23.2 Å². The standard InChI is InChI=1S/C17H17Cl2NO/c1-12(13-6-3-2-4-7-13)11-20-17(21)10-14-15(18)8-5-9-16(14)19/h2-9,12H,10-11H2,1H3,(H,20,21)/t12-/m0/s1. The van der Waals surface area contributed by atoms with Crippen molar-refractivity contribution < 1.29 is 4.79 Å². The van der Waals surface area contributed by atoms with Crippen molar-refractivity contribution in [2.24, 2.45) is 0 Å². The molecular formula is C17H17Cl2NO. The Balaban J connectivity index is 1.91. The third-order valence-electron chi connectivity index (χ3n) is 3.37. The number of rotatable bonds is 5. The van der Waals surface area contributed by atoms with Crippen molar-refractivity contribution in [3.05, 3.63) is 69.7 Å². The average Bonchev–Trinajstić information content (AvgIpc) is 2.49. The van der Waals surface area contributed by atoms with Crippen molar-refractivity contribution >= 4 is 29.1 Å². The molecule has 0 aromatic heterocycles. The van der Waals surface area contributed by atoms with E-state index < -0.39 is 0 Å². The van der Waals surface area contributed by atoms with Crippen LogP contribution in [0.5, 0.6) is 0 Å². The van der Waals surface area contributed by atoms with Crippen LogP contribution in [0.2, 0.25) is 10.0 Å². The van der Waals surface area contributed by atoms with Gasteiger partial charge in [0.1, 0.15) is 0 Å². The second kappa shape index (κ2) is 7.48. The molecule has 0 unspecified atom stereocenters. The quantitative estimate of drug-likeness (QED) is 0.865. The minimum atomic E-state index is -0.0761. The van der Waals surface area contributed by atoms with E-state index in [0.717, 1.165) is 0 Å². The van der Waals surface area contributed by atoms with Crippen molar-refractivity contribution in [3.8, 4) is 0 Å². The van der Waals surface area contributed by atoms with Crippen LogP contribution >= 0.6 is 23.2 Å². The highest BCUT2D eigenvalue weighted by Gasteiger charge is 2.12. The van der Waals surface area contributed by atoms with Gasteiger partial charge in [0.2, 0.25) is 5.91 Å². The molecule has 0 saturated carbocycles. The third-order valence-corrected chi connectivity index (χ3v) is 4.08. The van der Waals surface area contributed by atoms with Crippen LogP contribution in [0.15, 0.2) is 48.5 Å². The number of amides is 1. The summed E-state index contributed by atoms with van der Waals surface area (Å²) in [5, 5.41) is 3.97. The van der Waals surface area contributed by atoms with Crippen LogP contribution in [0.4, 0.5) is 0 Å². The molecule has 0 saturated heterocycles. The topological polar surface area (TPSA) is 29.1 Å². The summed E-state index contributed by atoms with van der Waals surface area (Å²) in [5.41, 5.74) is 1.87. The van der Waals surface area contributed by atoms with Gasteiger partial charge in [0, 0.05) is 16.6 Å². The first kappa shape index (κ1) is 15.9. The lowest BCUT2D eigenvalue weighted by Crippen LogP contribution is -2.29. The summed E-state index contributed by atoms with van der Waals surface area (Å²) in [7, 11) is 0. The Hall–Kier alpha value is -1.51. The molecule has 1 amide bonds. The summed E-state index contributed by atoms with van der Waals surface area (Å²) < 4.78 is 0. The van der Waals surface area contributed by atoms with E-state index in [1.165, 1.54) is 5.56 Å². The SMILES string of the molecule is C[C@@H](CNC(=O)Cc1c(Cl)cccc1Cl)c1ccccc1. The zero-order valence-electron chi connectivity index (χ0n) is 11.8. The monoisotopic (exact) mass is 321 g/mol. The Labute approximate surface area is 135 Å². The normalized spacial score (nSPS) is 12.0. The van der Waals surface area contributed by atoms with Gasteiger partial charge in [-0.15, -0.1) is 0 Å². The van der Waals surface area contributed by atoms with Gasteiger partial charge in [-0.1, -0.05) is 66.5 Å². The largest absolute Gasteiger partial charge is 0.355 e. The number of carbonyl (C=O) groups excluding carboxylic acids is 1. The molecule has 110 valence electrons. The van der Waals surface area contributed by atoms with E-state index in [1.54, 1.807) is 18.2 Å². The molecule has 0 bridgehead atoms. The molecule has 0 aliphatic rings. The molecule has 2 nitrogen and oxygen atoms in total. The van der Waals surface area contributed by atoms with Gasteiger partial charge in [-0.25, -0.2) is 0 Å². The summed E-state index contributed by atoms with van der Waals surface area (Å²) in [6.07, 6.45) is 0.194. The van der Waals surface area contributed by atoms with Crippen LogP contribution in [0.25, 0.3) is 0 Å². The Bertz CT molecular complexity index is 593. The lowest BCUT2D eigenvalue weighted by atomic mass is 10.0. The average molecular weight is 322 g/mol. The molecule has 4 heteroatoms. The van der Waals surface area contributed by atoms with E-state index in [2.05, 4.69) is 24.4 Å². The van der Waals surface area contributed by atoms with Gasteiger partial charge in [-0.3, -0.25) is 4.79 Å². The maximum absolute atomic E-state index is 12.0. The predicted molar refractivity (Wildman–Crippen MR) is 88.0 cm³/mol. The molecule has 21 heavy (non-hydrogen) atoms. The van der Waals surface area contributed by atoms with Crippen molar-refractivity contribution in [2.45, 2.75) is 19.3 Å². The number of hydrogen-bond acceptors (Lipinski definition) is 1. The van der Waals surface area contributed by atoms with Gasteiger partial charge in [0.15, 0.2) is 0 Å². The maximum Gasteiger partial charge on any atom is 0.224 e. The summed E-state index contributed by atoms with van der Waals surface area (Å²) >= 11 is 12.1. The fraction of sp³-hybridized carbons (Fsp3) is 0.235. The second-order valence-corrected chi connectivity index (χ2v) is 5.81. The fourth-order valence-electron chi connectivity index (χ4n) is 2.09. The van der Waals surface area contributed by atoms with Crippen LogP contribution in [0, 0.1) is 0 Å². The molecule has 0 heterocycles. The van der Waals surface area contributed by atoms with Crippen LogP contribution in [-0.2, 0) is 11.2 Å². The van der Waals surface area contributed by atoms with E-state index in [-0.39, 0.29) is 18.2 Å². The number of benzene rings is 2. The van der Waals surface area contributed by atoms with Gasteiger partial charge < -0.3 is 5.32 Å². The van der Waals surface area contributed by atoms with Gasteiger partial charge in [-0.05, 0) is 29.2 Å². The van der Waals surface area contributed by atoms with Crippen LogP contribution < -0.4 is 5.32 Å². The van der Waals surface area contributed by atoms with Crippen LogP contribution in [-0.4, -0.2) is 12.5 Å². The Kier molecular flexibility index (Phi) is 5.66. The molecule has 1 atom stereocenters. The number of carbonyl (C=O) groups is 1. The van der Waals surface area contributed by atoms with Gasteiger partial charge in [0.25, 0.3) is 0 Å². The minimum absolute atomic E-state index is 0.0761. The van der Waals surface area contributed by atoms with Gasteiger partial charge in [0.05, 0.1) is 6.42 Å². The van der Waals surface area contributed by atoms with Crippen molar-refractivity contribution in [2.75, 3.05) is 6.54 Å². The highest BCUT2D eigenvalue weighted by molar-refractivity contribution is 6.36. The molecule has 1 N–H and O–H groups in total. The van der Waals surface area contributed by atoms with Crippen LogP contribution in [0.1, 0.15) is 24.0 Å². The zero-order chi connectivity index (χ0) is 15.2. The van der Waals surface area contributed by atoms with E-state index in [0.29, 0.717) is 22.2 Å². The second-order valence-electron chi connectivity index (χ2n) is 4.99. The Morgan fingerprint density at radius 3 is 2.29 bits per heavy atom. The van der Waals surface area contributed by atoms with E-state index in [9.17, 15) is 4.79 Å². The highest BCUT2D eigenvalue weighted by atomic mass is 35.5. The third kappa shape index (κ3) is 4.48. The molecule has 2 rings (SSSR count). The molecule has 2 aromatic rings. The summed E-state index contributed by atoms with van der Waals surface area (Å²) in [4.78, 5) is 12.0. The highest BCUT2D eigenvalue weighted by Crippen LogP contribution is 2.24. The first-order valence-electron chi connectivity index (χ1n) is 6.82. The predicted octanol–water partition coefficient (Wildman–Crippen LogP) is 4.46. The molecule has 0 aliphatic heterocycles. The Morgan fingerprint density at radius 2 is 1.67 bits per heavy atom. The van der Waals surface area contributed by atoms with Crippen LogP contribution in [0.3, 0.4) is 0 Å². The van der Waals surface area contributed by atoms with E-state index in [1.807, 2.05) is 18.2 Å². The van der Waals surface area contributed by atoms with Crippen molar-refractivity contribution in [3.63, 3.8) is 0 Å². The summed E-state index contributed by atoms with van der Waals surface area (Å²) in [6, 6.07) is 15.3. The molecule has 0 spiro atoms. The molecule has 2 aromatic carbocycles. The van der Waals surface area contributed by atoms with Crippen molar-refractivity contribution in [1.29, 1.82) is 0 Å². The molecule has 0 fully saturated rings. The minimum Gasteiger partial charge on any atom is -0.355 e. The van der Waals surface area contributed by atoms with E-state index >= 15 is 0 Å². The first-order valence-corrected chi connectivity index (χ1v) is 7.58. The number of hydrogen-bond donors (Lipinski definition) is 1.